The topological polar surface area (TPSA) is 35.3 Å². The van der Waals surface area contributed by atoms with Crippen LogP contribution < -0.4 is 4.74 Å². The molecular formula is C17H14FNO2. The summed E-state index contributed by atoms with van der Waals surface area (Å²) in [6.07, 6.45) is 0. The van der Waals surface area contributed by atoms with Crippen molar-refractivity contribution in [3.63, 3.8) is 0 Å². The summed E-state index contributed by atoms with van der Waals surface area (Å²) >= 11 is 0. The Bertz CT molecular complexity index is 738. The van der Waals surface area contributed by atoms with Gasteiger partial charge in [0.25, 0.3) is 0 Å². The molecule has 3 nitrogen and oxygen atoms in total. The van der Waals surface area contributed by atoms with E-state index in [4.69, 9.17) is 9.26 Å². The van der Waals surface area contributed by atoms with Crippen LogP contribution in [0.3, 0.4) is 0 Å². The van der Waals surface area contributed by atoms with Crippen molar-refractivity contribution in [3.8, 4) is 17.0 Å². The van der Waals surface area contributed by atoms with Crippen LogP contribution in [0.4, 0.5) is 4.39 Å². The molecule has 0 unspecified atom stereocenters. The van der Waals surface area contributed by atoms with Gasteiger partial charge in [-0.3, -0.25) is 0 Å². The molecule has 0 atom stereocenters. The molecule has 0 saturated carbocycles. The van der Waals surface area contributed by atoms with E-state index in [0.29, 0.717) is 23.6 Å². The van der Waals surface area contributed by atoms with Gasteiger partial charge in [0.15, 0.2) is 11.6 Å². The quantitative estimate of drug-likeness (QED) is 0.713. The van der Waals surface area contributed by atoms with Crippen LogP contribution in [-0.4, -0.2) is 5.16 Å². The third kappa shape index (κ3) is 3.11. The number of halogens is 1. The molecular weight excluding hydrogens is 269 g/mol. The van der Waals surface area contributed by atoms with Crippen molar-refractivity contribution < 1.29 is 13.7 Å². The molecule has 0 spiro atoms. The van der Waals surface area contributed by atoms with Crippen molar-refractivity contribution >= 4 is 0 Å². The lowest BCUT2D eigenvalue weighted by atomic mass is 10.1. The van der Waals surface area contributed by atoms with Crippen LogP contribution in [0.5, 0.6) is 5.75 Å². The maximum Gasteiger partial charge on any atom is 0.165 e. The summed E-state index contributed by atoms with van der Waals surface area (Å²) in [5.74, 6) is 0.502. The van der Waals surface area contributed by atoms with Crippen LogP contribution >= 0.6 is 0 Å². The molecule has 0 amide bonds. The van der Waals surface area contributed by atoms with E-state index >= 15 is 0 Å². The SMILES string of the molecule is Cc1cc(-c2ccc(OCc3ccccc3)c(F)c2)no1. The van der Waals surface area contributed by atoms with E-state index in [1.807, 2.05) is 30.3 Å². The highest BCUT2D eigenvalue weighted by atomic mass is 19.1. The van der Waals surface area contributed by atoms with E-state index in [9.17, 15) is 4.39 Å². The number of benzene rings is 2. The highest BCUT2D eigenvalue weighted by molar-refractivity contribution is 5.60. The number of aryl methyl sites for hydroxylation is 1. The zero-order chi connectivity index (χ0) is 14.7. The fourth-order valence-electron chi connectivity index (χ4n) is 2.01. The Labute approximate surface area is 122 Å². The summed E-state index contributed by atoms with van der Waals surface area (Å²) in [6, 6.07) is 16.2. The number of rotatable bonds is 4. The molecule has 3 rings (SSSR count). The molecule has 106 valence electrons. The Kier molecular flexibility index (Phi) is 3.69. The molecule has 0 bridgehead atoms. The fraction of sp³-hybridized carbons (Fsp3) is 0.118. The first-order valence-electron chi connectivity index (χ1n) is 6.62. The van der Waals surface area contributed by atoms with Gasteiger partial charge in [-0.05, 0) is 30.7 Å². The van der Waals surface area contributed by atoms with Crippen molar-refractivity contribution in [1.82, 2.24) is 5.16 Å². The van der Waals surface area contributed by atoms with E-state index in [2.05, 4.69) is 5.16 Å². The van der Waals surface area contributed by atoms with Gasteiger partial charge in [0, 0.05) is 11.6 Å². The number of hydrogen-bond donors (Lipinski definition) is 0. The average molecular weight is 283 g/mol. The first-order valence-corrected chi connectivity index (χ1v) is 6.62. The Hall–Kier alpha value is -2.62. The number of hydrogen-bond acceptors (Lipinski definition) is 3. The van der Waals surface area contributed by atoms with Gasteiger partial charge in [0.05, 0.1) is 0 Å². The summed E-state index contributed by atoms with van der Waals surface area (Å²) in [6.45, 7) is 2.13. The molecule has 0 saturated heterocycles. The Balaban J connectivity index is 1.75. The minimum Gasteiger partial charge on any atom is -0.486 e. The van der Waals surface area contributed by atoms with E-state index in [1.165, 1.54) is 6.07 Å². The lowest BCUT2D eigenvalue weighted by Gasteiger charge is -2.08. The van der Waals surface area contributed by atoms with Crippen molar-refractivity contribution in [2.24, 2.45) is 0 Å². The molecule has 0 aliphatic heterocycles. The molecule has 4 heteroatoms. The third-order valence-electron chi connectivity index (χ3n) is 3.09. The van der Waals surface area contributed by atoms with Crippen LogP contribution in [0.15, 0.2) is 59.1 Å². The Morgan fingerprint density at radius 3 is 2.57 bits per heavy atom. The minimum absolute atomic E-state index is 0.225. The van der Waals surface area contributed by atoms with Gasteiger partial charge in [-0.2, -0.15) is 0 Å². The van der Waals surface area contributed by atoms with Crippen molar-refractivity contribution in [3.05, 3.63) is 71.7 Å². The molecule has 3 aromatic rings. The van der Waals surface area contributed by atoms with Crippen molar-refractivity contribution in [1.29, 1.82) is 0 Å². The lowest BCUT2D eigenvalue weighted by molar-refractivity contribution is 0.290. The molecule has 0 N–H and O–H groups in total. The van der Waals surface area contributed by atoms with Gasteiger partial charge < -0.3 is 9.26 Å². The largest absolute Gasteiger partial charge is 0.486 e. The highest BCUT2D eigenvalue weighted by Crippen LogP contribution is 2.25. The number of ether oxygens (including phenoxy) is 1. The van der Waals surface area contributed by atoms with Crippen LogP contribution in [-0.2, 0) is 6.61 Å². The zero-order valence-corrected chi connectivity index (χ0v) is 11.5. The van der Waals surface area contributed by atoms with E-state index in [1.54, 1.807) is 25.1 Å². The molecule has 2 aromatic carbocycles. The van der Waals surface area contributed by atoms with Crippen molar-refractivity contribution in [2.45, 2.75) is 13.5 Å². The maximum absolute atomic E-state index is 14.1. The highest BCUT2D eigenvalue weighted by Gasteiger charge is 2.09. The number of nitrogens with zero attached hydrogens (tertiary/aromatic N) is 1. The van der Waals surface area contributed by atoms with Crippen LogP contribution in [0.2, 0.25) is 0 Å². The van der Waals surface area contributed by atoms with E-state index in [0.717, 1.165) is 5.56 Å². The molecule has 0 fully saturated rings. The predicted molar refractivity (Wildman–Crippen MR) is 77.4 cm³/mol. The fourth-order valence-corrected chi connectivity index (χ4v) is 2.01. The second-order valence-electron chi connectivity index (χ2n) is 4.74. The van der Waals surface area contributed by atoms with E-state index < -0.39 is 5.82 Å². The number of aromatic nitrogens is 1. The molecule has 1 heterocycles. The maximum atomic E-state index is 14.1. The normalized spacial score (nSPS) is 10.6. The first kappa shape index (κ1) is 13.4. The summed E-state index contributed by atoms with van der Waals surface area (Å²) in [4.78, 5) is 0. The van der Waals surface area contributed by atoms with E-state index in [-0.39, 0.29) is 5.75 Å². The monoisotopic (exact) mass is 283 g/mol. The molecule has 0 aliphatic carbocycles. The van der Waals surface area contributed by atoms with Crippen LogP contribution in [0.25, 0.3) is 11.3 Å². The molecule has 0 aliphatic rings. The van der Waals surface area contributed by atoms with Crippen molar-refractivity contribution in [2.75, 3.05) is 0 Å². The first-order chi connectivity index (χ1) is 10.2. The minimum atomic E-state index is -0.413. The molecule has 1 aromatic heterocycles. The van der Waals surface area contributed by atoms with Gasteiger partial charge in [0.1, 0.15) is 18.1 Å². The smallest absolute Gasteiger partial charge is 0.165 e. The van der Waals surface area contributed by atoms with Gasteiger partial charge in [0.2, 0.25) is 0 Å². The molecule has 0 radical (unpaired) electrons. The second-order valence-corrected chi connectivity index (χ2v) is 4.74. The van der Waals surface area contributed by atoms with Gasteiger partial charge >= 0.3 is 0 Å². The Morgan fingerprint density at radius 1 is 1.10 bits per heavy atom. The van der Waals surface area contributed by atoms with Gasteiger partial charge in [-0.25, -0.2) is 4.39 Å². The summed E-state index contributed by atoms with van der Waals surface area (Å²) < 4.78 is 24.6. The summed E-state index contributed by atoms with van der Waals surface area (Å²) in [7, 11) is 0. The second kappa shape index (κ2) is 5.79. The van der Waals surface area contributed by atoms with Crippen LogP contribution in [0, 0.1) is 12.7 Å². The Morgan fingerprint density at radius 2 is 1.90 bits per heavy atom. The van der Waals surface area contributed by atoms with Crippen LogP contribution in [0.1, 0.15) is 11.3 Å². The average Bonchev–Trinajstić information content (AvgIpc) is 2.93. The lowest BCUT2D eigenvalue weighted by Crippen LogP contribution is -1.97. The summed E-state index contributed by atoms with van der Waals surface area (Å²) in [5, 5.41) is 3.87. The van der Waals surface area contributed by atoms with Gasteiger partial charge in [-0.1, -0.05) is 35.5 Å². The molecule has 21 heavy (non-hydrogen) atoms. The standard InChI is InChI=1S/C17H14FNO2/c1-12-9-16(19-21-12)14-7-8-17(15(18)10-14)20-11-13-5-3-2-4-6-13/h2-10H,11H2,1H3. The summed E-state index contributed by atoms with van der Waals surface area (Å²) in [5.41, 5.74) is 2.27. The third-order valence-corrected chi connectivity index (χ3v) is 3.09. The van der Waals surface area contributed by atoms with Gasteiger partial charge in [-0.15, -0.1) is 0 Å². The predicted octanol–water partition coefficient (Wildman–Crippen LogP) is 4.37. The zero-order valence-electron chi connectivity index (χ0n) is 11.5.